The Morgan fingerprint density at radius 1 is 1.11 bits per heavy atom. The number of amides is 1. The second-order valence-electron chi connectivity index (χ2n) is 6.09. The minimum absolute atomic E-state index is 0.179. The molecule has 0 unspecified atom stereocenters. The van der Waals surface area contributed by atoms with E-state index in [1.807, 2.05) is 31.2 Å². The molecule has 1 amide bonds. The summed E-state index contributed by atoms with van der Waals surface area (Å²) in [5.41, 5.74) is 1.64. The summed E-state index contributed by atoms with van der Waals surface area (Å²) in [4.78, 5) is 24.1. The normalized spacial score (nSPS) is 11.4. The molecule has 0 aliphatic rings. The lowest BCUT2D eigenvalue weighted by atomic mass is 10.2. The molecule has 0 heterocycles. The summed E-state index contributed by atoms with van der Waals surface area (Å²) in [6.07, 6.45) is -0.216. The zero-order valence-electron chi connectivity index (χ0n) is 15.9. The lowest BCUT2D eigenvalue weighted by Gasteiger charge is -2.15. The van der Waals surface area contributed by atoms with Crippen LogP contribution >= 0.6 is 0 Å². The summed E-state index contributed by atoms with van der Waals surface area (Å²) in [6, 6.07) is 14.7. The standard InChI is InChI=1S/C21H25NO5/c1-15-8-6-9-17(14-15)26-13-7-12-20(23)27-16(2)21(24)22-18-10-4-5-11-19(18)25-3/h4-6,8-11,14,16H,7,12-13H2,1-3H3,(H,22,24)/t16-/m0/s1. The van der Waals surface area contributed by atoms with Crippen LogP contribution in [0.4, 0.5) is 5.69 Å². The van der Waals surface area contributed by atoms with Gasteiger partial charge in [0.25, 0.3) is 5.91 Å². The van der Waals surface area contributed by atoms with E-state index in [4.69, 9.17) is 14.2 Å². The summed E-state index contributed by atoms with van der Waals surface area (Å²) in [6.45, 7) is 3.92. The van der Waals surface area contributed by atoms with Gasteiger partial charge in [0.1, 0.15) is 11.5 Å². The highest BCUT2D eigenvalue weighted by atomic mass is 16.5. The molecule has 0 fully saturated rings. The van der Waals surface area contributed by atoms with Gasteiger partial charge in [-0.3, -0.25) is 9.59 Å². The van der Waals surface area contributed by atoms with E-state index < -0.39 is 18.0 Å². The Hall–Kier alpha value is -3.02. The number of para-hydroxylation sites is 2. The van der Waals surface area contributed by atoms with Crippen LogP contribution in [0, 0.1) is 6.92 Å². The lowest BCUT2D eigenvalue weighted by molar-refractivity contribution is -0.153. The molecule has 0 radical (unpaired) electrons. The first-order chi connectivity index (χ1) is 13.0. The Balaban J connectivity index is 1.72. The van der Waals surface area contributed by atoms with E-state index in [1.54, 1.807) is 24.3 Å². The largest absolute Gasteiger partial charge is 0.495 e. The van der Waals surface area contributed by atoms with E-state index in [9.17, 15) is 9.59 Å². The number of carbonyl (C=O) groups is 2. The number of anilines is 1. The molecule has 2 rings (SSSR count). The van der Waals surface area contributed by atoms with Crippen molar-refractivity contribution < 1.29 is 23.8 Å². The number of nitrogens with one attached hydrogen (secondary N) is 1. The van der Waals surface area contributed by atoms with E-state index in [0.717, 1.165) is 11.3 Å². The Morgan fingerprint density at radius 3 is 2.63 bits per heavy atom. The molecule has 27 heavy (non-hydrogen) atoms. The molecule has 144 valence electrons. The first-order valence-electron chi connectivity index (χ1n) is 8.82. The fourth-order valence-corrected chi connectivity index (χ4v) is 2.40. The van der Waals surface area contributed by atoms with Gasteiger partial charge in [0.15, 0.2) is 6.10 Å². The monoisotopic (exact) mass is 371 g/mol. The van der Waals surface area contributed by atoms with Crippen LogP contribution in [0.3, 0.4) is 0 Å². The minimum Gasteiger partial charge on any atom is -0.495 e. The average Bonchev–Trinajstić information content (AvgIpc) is 2.65. The van der Waals surface area contributed by atoms with Crippen LogP contribution in [0.2, 0.25) is 0 Å². The van der Waals surface area contributed by atoms with Crippen molar-refractivity contribution in [3.05, 3.63) is 54.1 Å². The number of carbonyl (C=O) groups excluding carboxylic acids is 2. The molecule has 0 saturated heterocycles. The van der Waals surface area contributed by atoms with Crippen molar-refractivity contribution in [2.75, 3.05) is 19.0 Å². The van der Waals surface area contributed by atoms with Crippen molar-refractivity contribution in [2.24, 2.45) is 0 Å². The van der Waals surface area contributed by atoms with Crippen molar-refractivity contribution in [3.8, 4) is 11.5 Å². The molecule has 0 saturated carbocycles. The van der Waals surface area contributed by atoms with Crippen molar-refractivity contribution in [2.45, 2.75) is 32.8 Å². The number of ether oxygens (including phenoxy) is 3. The maximum atomic E-state index is 12.2. The molecule has 0 aromatic heterocycles. The van der Waals surface area contributed by atoms with Gasteiger partial charge in [0, 0.05) is 6.42 Å². The highest BCUT2D eigenvalue weighted by molar-refractivity contribution is 5.96. The van der Waals surface area contributed by atoms with E-state index in [0.29, 0.717) is 24.5 Å². The molecule has 1 N–H and O–H groups in total. The summed E-state index contributed by atoms with van der Waals surface area (Å²) in [5.74, 6) is 0.458. The van der Waals surface area contributed by atoms with Gasteiger partial charge >= 0.3 is 5.97 Å². The molecule has 0 spiro atoms. The predicted molar refractivity (Wildman–Crippen MR) is 103 cm³/mol. The Kier molecular flexibility index (Phi) is 7.67. The van der Waals surface area contributed by atoms with Gasteiger partial charge in [-0.25, -0.2) is 0 Å². The van der Waals surface area contributed by atoms with Gasteiger partial charge in [0.2, 0.25) is 0 Å². The van der Waals surface area contributed by atoms with Gasteiger partial charge in [-0.1, -0.05) is 24.3 Å². The Morgan fingerprint density at radius 2 is 1.89 bits per heavy atom. The fourth-order valence-electron chi connectivity index (χ4n) is 2.40. The third kappa shape index (κ3) is 6.66. The number of esters is 1. The number of methoxy groups -OCH3 is 1. The van der Waals surface area contributed by atoms with Crippen molar-refractivity contribution in [1.29, 1.82) is 0 Å². The third-order valence-corrected chi connectivity index (χ3v) is 3.83. The van der Waals surface area contributed by atoms with Crippen molar-refractivity contribution >= 4 is 17.6 Å². The van der Waals surface area contributed by atoms with Crippen LogP contribution in [0.15, 0.2) is 48.5 Å². The number of aryl methyl sites for hydroxylation is 1. The average molecular weight is 371 g/mol. The molecule has 0 aliphatic heterocycles. The molecule has 1 atom stereocenters. The highest BCUT2D eigenvalue weighted by Crippen LogP contribution is 2.23. The summed E-state index contributed by atoms with van der Waals surface area (Å²) < 4.78 is 16.0. The van der Waals surface area contributed by atoms with Crippen LogP contribution in [0.25, 0.3) is 0 Å². The number of hydrogen-bond acceptors (Lipinski definition) is 5. The van der Waals surface area contributed by atoms with Crippen LogP contribution in [-0.2, 0) is 14.3 Å². The van der Waals surface area contributed by atoms with E-state index in [1.165, 1.54) is 14.0 Å². The number of benzene rings is 2. The zero-order chi connectivity index (χ0) is 19.6. The smallest absolute Gasteiger partial charge is 0.306 e. The van der Waals surface area contributed by atoms with Gasteiger partial charge in [-0.05, 0) is 50.1 Å². The highest BCUT2D eigenvalue weighted by Gasteiger charge is 2.19. The topological polar surface area (TPSA) is 73.9 Å². The van der Waals surface area contributed by atoms with Crippen molar-refractivity contribution in [1.82, 2.24) is 0 Å². The Bertz CT molecular complexity index is 775. The van der Waals surface area contributed by atoms with Gasteiger partial charge in [0.05, 0.1) is 19.4 Å². The first-order valence-corrected chi connectivity index (χ1v) is 8.82. The molecular weight excluding hydrogens is 346 g/mol. The van der Waals surface area contributed by atoms with Gasteiger partial charge < -0.3 is 19.5 Å². The molecule has 2 aromatic carbocycles. The van der Waals surface area contributed by atoms with Crippen LogP contribution in [0.5, 0.6) is 11.5 Å². The SMILES string of the molecule is COc1ccccc1NC(=O)[C@H](C)OC(=O)CCCOc1cccc(C)c1. The molecule has 2 aromatic rings. The van der Waals surface area contributed by atoms with E-state index in [-0.39, 0.29) is 6.42 Å². The maximum absolute atomic E-state index is 12.2. The van der Waals surface area contributed by atoms with Gasteiger partial charge in [-0.15, -0.1) is 0 Å². The van der Waals surface area contributed by atoms with Crippen molar-refractivity contribution in [3.63, 3.8) is 0 Å². The van der Waals surface area contributed by atoms with E-state index >= 15 is 0 Å². The molecule has 0 bridgehead atoms. The fraction of sp³-hybridized carbons (Fsp3) is 0.333. The van der Waals surface area contributed by atoms with Crippen LogP contribution in [0.1, 0.15) is 25.3 Å². The zero-order valence-corrected chi connectivity index (χ0v) is 15.9. The lowest BCUT2D eigenvalue weighted by Crippen LogP contribution is -2.30. The van der Waals surface area contributed by atoms with Crippen LogP contribution < -0.4 is 14.8 Å². The summed E-state index contributed by atoms with van der Waals surface area (Å²) in [5, 5.41) is 2.69. The quantitative estimate of drug-likeness (QED) is 0.537. The summed E-state index contributed by atoms with van der Waals surface area (Å²) >= 11 is 0. The van der Waals surface area contributed by atoms with Crippen LogP contribution in [-0.4, -0.2) is 31.7 Å². The number of rotatable bonds is 9. The predicted octanol–water partition coefficient (Wildman–Crippen LogP) is 3.73. The van der Waals surface area contributed by atoms with Gasteiger partial charge in [-0.2, -0.15) is 0 Å². The second-order valence-corrected chi connectivity index (χ2v) is 6.09. The third-order valence-electron chi connectivity index (χ3n) is 3.83. The molecule has 6 nitrogen and oxygen atoms in total. The Labute approximate surface area is 159 Å². The molecule has 0 aliphatic carbocycles. The maximum Gasteiger partial charge on any atom is 0.306 e. The molecule has 6 heteroatoms. The van der Waals surface area contributed by atoms with E-state index in [2.05, 4.69) is 5.32 Å². The number of hydrogen-bond donors (Lipinski definition) is 1. The second kappa shape index (κ2) is 10.2. The molecular formula is C21H25NO5. The minimum atomic E-state index is -0.903. The summed E-state index contributed by atoms with van der Waals surface area (Å²) in [7, 11) is 1.52. The first kappa shape index (κ1) is 20.3.